The molecule has 34 valence electrons. The van der Waals surface area contributed by atoms with Gasteiger partial charge in [0.05, 0.1) is 13.3 Å². The van der Waals surface area contributed by atoms with Crippen LogP contribution >= 0.6 is 0 Å². The molecule has 0 unspecified atom stereocenters. The van der Waals surface area contributed by atoms with E-state index >= 15 is 0 Å². The second-order valence-electron chi connectivity index (χ2n) is 1.28. The SMILES string of the molecule is C=CCCC[CH2+]. The summed E-state index contributed by atoms with van der Waals surface area (Å²) in [4.78, 5) is 0. The Balaban J connectivity index is 2.49. The summed E-state index contributed by atoms with van der Waals surface area (Å²) in [6.07, 6.45) is 5.25. The number of hydrogen-bond acceptors (Lipinski definition) is 0. The Labute approximate surface area is 39.9 Å². The maximum Gasteiger partial charge on any atom is 0.0853 e. The molecule has 0 heterocycles. The number of allylic oxidation sites excluding steroid dienone is 1. The van der Waals surface area contributed by atoms with Crippen LogP contribution in [0.1, 0.15) is 19.3 Å². The van der Waals surface area contributed by atoms with Crippen molar-refractivity contribution in [1.82, 2.24) is 0 Å². The molecule has 0 amide bonds. The standard InChI is InChI=1S/C6H11/c1-3-5-6-4-2/h3H,1-2,4-6H2/q+1. The van der Waals surface area contributed by atoms with Crippen molar-refractivity contribution in [1.29, 1.82) is 0 Å². The first kappa shape index (κ1) is 5.61. The van der Waals surface area contributed by atoms with Crippen molar-refractivity contribution in [3.63, 3.8) is 0 Å². The van der Waals surface area contributed by atoms with Gasteiger partial charge < -0.3 is 0 Å². The van der Waals surface area contributed by atoms with E-state index in [0.717, 1.165) is 12.8 Å². The Hall–Kier alpha value is -0.390. The maximum atomic E-state index is 3.68. The third-order valence-electron chi connectivity index (χ3n) is 0.658. The van der Waals surface area contributed by atoms with Gasteiger partial charge in [-0.25, -0.2) is 0 Å². The zero-order valence-electron chi connectivity index (χ0n) is 4.11. The van der Waals surface area contributed by atoms with Gasteiger partial charge in [-0.3, -0.25) is 0 Å². The zero-order valence-corrected chi connectivity index (χ0v) is 4.11. The topological polar surface area (TPSA) is 0 Å². The Morgan fingerprint density at radius 3 is 2.50 bits per heavy atom. The molecular formula is C6H11+. The fourth-order valence-corrected chi connectivity index (χ4v) is 0.289. The highest BCUT2D eigenvalue weighted by Gasteiger charge is 1.77. The smallest absolute Gasteiger partial charge is 0.0853 e. The molecule has 0 radical (unpaired) electrons. The third-order valence-corrected chi connectivity index (χ3v) is 0.658. The van der Waals surface area contributed by atoms with E-state index in [9.17, 15) is 0 Å². The highest BCUT2D eigenvalue weighted by Crippen LogP contribution is 1.90. The van der Waals surface area contributed by atoms with Crippen molar-refractivity contribution in [2.45, 2.75) is 19.3 Å². The lowest BCUT2D eigenvalue weighted by Gasteiger charge is -1.77. The van der Waals surface area contributed by atoms with Gasteiger partial charge in [-0.15, -0.1) is 6.58 Å². The van der Waals surface area contributed by atoms with Gasteiger partial charge in [-0.1, -0.05) is 6.08 Å². The first-order chi connectivity index (χ1) is 2.91. The Morgan fingerprint density at radius 2 is 2.33 bits per heavy atom. The molecule has 0 nitrogen and oxygen atoms in total. The molecule has 0 saturated carbocycles. The molecule has 0 aliphatic heterocycles. The van der Waals surface area contributed by atoms with Gasteiger partial charge >= 0.3 is 0 Å². The van der Waals surface area contributed by atoms with Crippen molar-refractivity contribution >= 4 is 0 Å². The van der Waals surface area contributed by atoms with Crippen LogP contribution in [0.4, 0.5) is 0 Å². The van der Waals surface area contributed by atoms with Crippen LogP contribution < -0.4 is 0 Å². The Kier molecular flexibility index (Phi) is 4.31. The number of unbranched alkanes of at least 4 members (excludes halogenated alkanes) is 2. The van der Waals surface area contributed by atoms with E-state index in [0.29, 0.717) is 0 Å². The minimum atomic E-state index is 1.03. The Morgan fingerprint density at radius 1 is 1.67 bits per heavy atom. The molecule has 0 aliphatic rings. The van der Waals surface area contributed by atoms with Gasteiger partial charge in [-0.2, -0.15) is 0 Å². The fraction of sp³-hybridized carbons (Fsp3) is 0.500. The van der Waals surface area contributed by atoms with Crippen LogP contribution in [0.3, 0.4) is 0 Å². The molecule has 0 spiro atoms. The van der Waals surface area contributed by atoms with Gasteiger partial charge in [-0.05, 0) is 12.8 Å². The largest absolute Gasteiger partial charge is 0.103 e. The minimum Gasteiger partial charge on any atom is -0.103 e. The van der Waals surface area contributed by atoms with Crippen molar-refractivity contribution in [3.05, 3.63) is 19.6 Å². The summed E-state index contributed by atoms with van der Waals surface area (Å²) in [5, 5.41) is 0. The monoisotopic (exact) mass is 83.1 g/mol. The van der Waals surface area contributed by atoms with Crippen LogP contribution in [0.25, 0.3) is 0 Å². The summed E-state index contributed by atoms with van der Waals surface area (Å²) in [7, 11) is 0. The highest BCUT2D eigenvalue weighted by molar-refractivity contribution is 4.65. The summed E-state index contributed by atoms with van der Waals surface area (Å²) < 4.78 is 0. The second-order valence-corrected chi connectivity index (χ2v) is 1.28. The van der Waals surface area contributed by atoms with Crippen molar-refractivity contribution < 1.29 is 0 Å². The molecule has 0 fully saturated rings. The van der Waals surface area contributed by atoms with Gasteiger partial charge in [0.25, 0.3) is 0 Å². The van der Waals surface area contributed by atoms with Gasteiger partial charge in [0.1, 0.15) is 0 Å². The van der Waals surface area contributed by atoms with E-state index in [-0.39, 0.29) is 0 Å². The molecule has 0 N–H and O–H groups in total. The quantitative estimate of drug-likeness (QED) is 0.279. The highest BCUT2D eigenvalue weighted by atomic mass is 13.8. The van der Waals surface area contributed by atoms with Crippen molar-refractivity contribution in [2.24, 2.45) is 0 Å². The third kappa shape index (κ3) is 3.61. The van der Waals surface area contributed by atoms with Crippen LogP contribution in [0.2, 0.25) is 0 Å². The predicted octanol–water partition coefficient (Wildman–Crippen LogP) is 2.18. The summed E-state index contributed by atoms with van der Waals surface area (Å²) in [6.45, 7) is 7.25. The maximum absolute atomic E-state index is 3.68. The van der Waals surface area contributed by atoms with Crippen molar-refractivity contribution in [3.8, 4) is 0 Å². The molecule has 0 heteroatoms. The number of hydrogen-bond donors (Lipinski definition) is 0. The minimum absolute atomic E-state index is 1.03. The summed E-state index contributed by atoms with van der Waals surface area (Å²) >= 11 is 0. The molecule has 0 rings (SSSR count). The van der Waals surface area contributed by atoms with E-state index < -0.39 is 0 Å². The molecule has 0 aromatic carbocycles. The lowest BCUT2D eigenvalue weighted by molar-refractivity contribution is 0.867. The normalized spacial score (nSPS) is 8.00. The van der Waals surface area contributed by atoms with E-state index in [1.165, 1.54) is 6.42 Å². The summed E-state index contributed by atoms with van der Waals surface area (Å²) in [5.74, 6) is 0. The molecule has 0 aromatic rings. The second kappa shape index (κ2) is 4.61. The first-order valence-corrected chi connectivity index (χ1v) is 2.32. The predicted molar refractivity (Wildman–Crippen MR) is 29.4 cm³/mol. The average molecular weight is 83.2 g/mol. The molecule has 6 heavy (non-hydrogen) atoms. The molecule has 0 aliphatic carbocycles. The van der Waals surface area contributed by atoms with Crippen LogP contribution in [-0.2, 0) is 0 Å². The van der Waals surface area contributed by atoms with Crippen LogP contribution in [0.5, 0.6) is 0 Å². The van der Waals surface area contributed by atoms with Gasteiger partial charge in [0, 0.05) is 0 Å². The van der Waals surface area contributed by atoms with Gasteiger partial charge in [0.15, 0.2) is 0 Å². The lowest BCUT2D eigenvalue weighted by Crippen LogP contribution is -1.62. The molecule has 0 aromatic heterocycles. The van der Waals surface area contributed by atoms with Crippen LogP contribution in [-0.4, -0.2) is 0 Å². The molecule has 0 atom stereocenters. The molecule has 0 saturated heterocycles. The average Bonchev–Trinajstić information content (AvgIpc) is 1.61. The van der Waals surface area contributed by atoms with E-state index in [1.54, 1.807) is 0 Å². The Bertz CT molecular complexity index is 29.0. The molecular weight excluding hydrogens is 72.1 g/mol. The van der Waals surface area contributed by atoms with E-state index in [1.807, 2.05) is 6.08 Å². The molecule has 0 bridgehead atoms. The van der Waals surface area contributed by atoms with E-state index in [4.69, 9.17) is 0 Å². The zero-order chi connectivity index (χ0) is 4.83. The lowest BCUT2D eigenvalue weighted by atomic mass is 10.3. The van der Waals surface area contributed by atoms with E-state index in [2.05, 4.69) is 13.5 Å². The number of rotatable bonds is 3. The van der Waals surface area contributed by atoms with Gasteiger partial charge in [0.2, 0.25) is 0 Å². The van der Waals surface area contributed by atoms with Crippen LogP contribution in [0.15, 0.2) is 12.7 Å². The fourth-order valence-electron chi connectivity index (χ4n) is 0.289. The summed E-state index contributed by atoms with van der Waals surface area (Å²) in [6, 6.07) is 0. The summed E-state index contributed by atoms with van der Waals surface area (Å²) in [5.41, 5.74) is 0. The van der Waals surface area contributed by atoms with Crippen LogP contribution in [0, 0.1) is 6.92 Å². The van der Waals surface area contributed by atoms with Crippen molar-refractivity contribution in [2.75, 3.05) is 0 Å². The first-order valence-electron chi connectivity index (χ1n) is 2.32.